The number of para-hydroxylation sites is 1. The number of carbonyl (C=O) groups is 2. The molecule has 0 aliphatic heterocycles. The van der Waals surface area contributed by atoms with E-state index in [2.05, 4.69) is 0 Å². The molecule has 1 unspecified atom stereocenters. The molecule has 0 saturated heterocycles. The van der Waals surface area contributed by atoms with E-state index in [-0.39, 0.29) is 23.6 Å². The van der Waals surface area contributed by atoms with Crippen LogP contribution in [-0.4, -0.2) is 22.9 Å². The van der Waals surface area contributed by atoms with Gasteiger partial charge in [-0.1, -0.05) is 48.9 Å². The molecule has 0 saturated carbocycles. The van der Waals surface area contributed by atoms with E-state index in [1.165, 1.54) is 12.1 Å². The van der Waals surface area contributed by atoms with Crippen LogP contribution in [0.1, 0.15) is 47.4 Å². The van der Waals surface area contributed by atoms with Gasteiger partial charge in [-0.3, -0.25) is 4.79 Å². The Morgan fingerprint density at radius 1 is 1.22 bits per heavy atom. The number of aromatic nitrogens is 1. The van der Waals surface area contributed by atoms with Gasteiger partial charge >= 0.3 is 5.97 Å². The summed E-state index contributed by atoms with van der Waals surface area (Å²) in [6, 6.07) is 11.6. The van der Waals surface area contributed by atoms with Crippen molar-refractivity contribution >= 4 is 34.3 Å². The molecule has 0 amide bonds. The van der Waals surface area contributed by atoms with Crippen molar-refractivity contribution in [2.45, 2.75) is 26.7 Å². The zero-order valence-electron chi connectivity index (χ0n) is 17.9. The summed E-state index contributed by atoms with van der Waals surface area (Å²) in [7, 11) is 0. The standard InChI is InChI=1S/C26H23ClFNO3/c1-3-14-32-25(31)17-11-12-22(20(28)15-17)29-16-19(18-8-4-5-9-21(18)29)24(30)26(2)13-7-6-10-23(26)27/h4-12,15-16H,3,13-14H2,1-2H3. The Hall–Kier alpha value is -3.18. The third-order valence-electron chi connectivity index (χ3n) is 5.77. The molecule has 0 N–H and O–H groups in total. The van der Waals surface area contributed by atoms with Crippen molar-refractivity contribution in [2.24, 2.45) is 5.41 Å². The first-order valence-electron chi connectivity index (χ1n) is 10.5. The number of carbonyl (C=O) groups excluding carboxylic acids is 2. The van der Waals surface area contributed by atoms with Gasteiger partial charge in [0.2, 0.25) is 0 Å². The normalized spacial score (nSPS) is 17.9. The van der Waals surface area contributed by atoms with E-state index >= 15 is 4.39 Å². The van der Waals surface area contributed by atoms with Gasteiger partial charge in [0.15, 0.2) is 5.78 Å². The SMILES string of the molecule is CCCOC(=O)c1ccc(-n2cc(C(=O)C3(C)CC=CC=C3Cl)c3ccccc32)c(F)c1. The fourth-order valence-corrected chi connectivity index (χ4v) is 4.14. The van der Waals surface area contributed by atoms with Crippen LogP contribution in [-0.2, 0) is 4.74 Å². The number of halogens is 2. The maximum Gasteiger partial charge on any atom is 0.338 e. The highest BCUT2D eigenvalue weighted by Gasteiger charge is 2.38. The number of esters is 1. The molecule has 1 atom stereocenters. The number of nitrogens with zero attached hydrogens (tertiary/aromatic N) is 1. The highest BCUT2D eigenvalue weighted by Crippen LogP contribution is 2.41. The van der Waals surface area contributed by atoms with E-state index in [1.807, 2.05) is 50.3 Å². The number of ether oxygens (including phenoxy) is 1. The molecule has 1 aliphatic carbocycles. The molecule has 0 radical (unpaired) electrons. The van der Waals surface area contributed by atoms with Crippen molar-refractivity contribution < 1.29 is 18.7 Å². The molecule has 2 aromatic carbocycles. The number of allylic oxidation sites excluding steroid dienone is 4. The van der Waals surface area contributed by atoms with Gasteiger partial charge in [-0.25, -0.2) is 9.18 Å². The van der Waals surface area contributed by atoms with E-state index in [0.717, 1.165) is 6.07 Å². The molecule has 1 heterocycles. The molecule has 1 aliphatic rings. The van der Waals surface area contributed by atoms with Crippen molar-refractivity contribution in [3.63, 3.8) is 0 Å². The highest BCUT2D eigenvalue weighted by molar-refractivity contribution is 6.33. The summed E-state index contributed by atoms with van der Waals surface area (Å²) in [6.45, 7) is 3.99. The van der Waals surface area contributed by atoms with Gasteiger partial charge in [0.25, 0.3) is 0 Å². The minimum Gasteiger partial charge on any atom is -0.462 e. The monoisotopic (exact) mass is 451 g/mol. The fourth-order valence-electron chi connectivity index (χ4n) is 3.90. The Bertz CT molecular complexity index is 1270. The number of hydrogen-bond donors (Lipinski definition) is 0. The van der Waals surface area contributed by atoms with E-state index in [4.69, 9.17) is 16.3 Å². The largest absolute Gasteiger partial charge is 0.462 e. The zero-order chi connectivity index (χ0) is 22.9. The first-order valence-corrected chi connectivity index (χ1v) is 10.9. The predicted octanol–water partition coefficient (Wildman–Crippen LogP) is 6.61. The second-order valence-corrected chi connectivity index (χ2v) is 8.45. The summed E-state index contributed by atoms with van der Waals surface area (Å²) in [4.78, 5) is 25.7. The third-order valence-corrected chi connectivity index (χ3v) is 6.31. The first kappa shape index (κ1) is 22.0. The summed E-state index contributed by atoms with van der Waals surface area (Å²) in [5, 5.41) is 1.19. The summed E-state index contributed by atoms with van der Waals surface area (Å²) >= 11 is 6.43. The molecular formula is C26H23ClFNO3. The zero-order valence-corrected chi connectivity index (χ0v) is 18.7. The number of benzene rings is 2. The Balaban J connectivity index is 1.79. The van der Waals surface area contributed by atoms with Crippen LogP contribution in [0, 0.1) is 11.2 Å². The lowest BCUT2D eigenvalue weighted by atomic mass is 9.77. The Labute approximate surface area is 190 Å². The maximum atomic E-state index is 15.1. The summed E-state index contributed by atoms with van der Waals surface area (Å²) < 4.78 is 21.8. The molecule has 164 valence electrons. The molecule has 0 bridgehead atoms. The van der Waals surface area contributed by atoms with Crippen molar-refractivity contribution in [3.05, 3.63) is 88.9 Å². The highest BCUT2D eigenvalue weighted by atomic mass is 35.5. The number of fused-ring (bicyclic) bond motifs is 1. The van der Waals surface area contributed by atoms with Gasteiger partial charge < -0.3 is 9.30 Å². The molecule has 3 aromatic rings. The van der Waals surface area contributed by atoms with Crippen molar-refractivity contribution in [2.75, 3.05) is 6.61 Å². The van der Waals surface area contributed by atoms with Gasteiger partial charge in [-0.05, 0) is 50.1 Å². The molecule has 6 heteroatoms. The van der Waals surface area contributed by atoms with Crippen LogP contribution in [0.5, 0.6) is 0 Å². The quantitative estimate of drug-likeness (QED) is 0.313. The summed E-state index contributed by atoms with van der Waals surface area (Å²) in [5.74, 6) is -1.27. The third kappa shape index (κ3) is 3.78. The van der Waals surface area contributed by atoms with E-state index in [0.29, 0.717) is 34.3 Å². The number of Topliss-reactive ketones (excluding diaryl/α,β-unsaturated/α-hetero) is 1. The molecule has 4 rings (SSSR count). The summed E-state index contributed by atoms with van der Waals surface area (Å²) in [6.07, 6.45) is 8.31. The van der Waals surface area contributed by atoms with E-state index < -0.39 is 17.2 Å². The van der Waals surface area contributed by atoms with Crippen LogP contribution in [0.25, 0.3) is 16.6 Å². The smallest absolute Gasteiger partial charge is 0.338 e. The predicted molar refractivity (Wildman–Crippen MR) is 124 cm³/mol. The number of hydrogen-bond acceptors (Lipinski definition) is 3. The Kier molecular flexibility index (Phi) is 6.02. The maximum absolute atomic E-state index is 15.1. The minimum absolute atomic E-state index is 0.127. The van der Waals surface area contributed by atoms with Gasteiger partial charge in [-0.2, -0.15) is 0 Å². The number of rotatable bonds is 6. The molecule has 0 fully saturated rings. The average molecular weight is 452 g/mol. The van der Waals surface area contributed by atoms with Crippen LogP contribution in [0.2, 0.25) is 0 Å². The van der Waals surface area contributed by atoms with Crippen molar-refractivity contribution in [1.29, 1.82) is 0 Å². The fraction of sp³-hybridized carbons (Fsp3) is 0.231. The van der Waals surface area contributed by atoms with Gasteiger partial charge in [0.1, 0.15) is 5.82 Å². The van der Waals surface area contributed by atoms with Crippen LogP contribution >= 0.6 is 11.6 Å². The number of ketones is 1. The van der Waals surface area contributed by atoms with E-state index in [1.54, 1.807) is 16.8 Å². The van der Waals surface area contributed by atoms with Gasteiger partial charge in [0.05, 0.1) is 28.8 Å². The second-order valence-electron chi connectivity index (χ2n) is 8.04. The molecular weight excluding hydrogens is 429 g/mol. The van der Waals surface area contributed by atoms with Gasteiger partial charge in [0, 0.05) is 22.2 Å². The van der Waals surface area contributed by atoms with E-state index in [9.17, 15) is 9.59 Å². The lowest BCUT2D eigenvalue weighted by molar-refractivity contribution is 0.0504. The second kappa shape index (κ2) is 8.75. The molecule has 4 nitrogen and oxygen atoms in total. The van der Waals surface area contributed by atoms with Gasteiger partial charge in [-0.15, -0.1) is 0 Å². The van der Waals surface area contributed by atoms with Crippen LogP contribution < -0.4 is 0 Å². The molecule has 1 aromatic heterocycles. The van der Waals surface area contributed by atoms with Crippen molar-refractivity contribution in [3.8, 4) is 5.69 Å². The molecule has 0 spiro atoms. The summed E-state index contributed by atoms with van der Waals surface area (Å²) in [5.41, 5.74) is 0.659. The van der Waals surface area contributed by atoms with Crippen LogP contribution in [0.4, 0.5) is 4.39 Å². The van der Waals surface area contributed by atoms with Crippen molar-refractivity contribution in [1.82, 2.24) is 4.57 Å². The Morgan fingerprint density at radius 2 is 2.00 bits per heavy atom. The van der Waals surface area contributed by atoms with Crippen LogP contribution in [0.3, 0.4) is 0 Å². The lowest BCUT2D eigenvalue weighted by Crippen LogP contribution is -2.29. The molecule has 32 heavy (non-hydrogen) atoms. The average Bonchev–Trinajstić information content (AvgIpc) is 3.18. The van der Waals surface area contributed by atoms with Crippen LogP contribution in [0.15, 0.2) is 71.9 Å². The topological polar surface area (TPSA) is 48.3 Å². The first-order chi connectivity index (χ1) is 15.4. The minimum atomic E-state index is -0.878. The lowest BCUT2D eigenvalue weighted by Gasteiger charge is -2.28. The Morgan fingerprint density at radius 3 is 2.72 bits per heavy atom.